The third-order valence-corrected chi connectivity index (χ3v) is 4.44. The molecule has 0 spiro atoms. The molecule has 0 amide bonds. The average Bonchev–Trinajstić information content (AvgIpc) is 2.42. The van der Waals surface area contributed by atoms with Crippen molar-refractivity contribution in [1.29, 1.82) is 0 Å². The number of aromatic nitrogens is 1. The first-order chi connectivity index (χ1) is 9.51. The summed E-state index contributed by atoms with van der Waals surface area (Å²) in [6.45, 7) is 0.0349. The zero-order valence-corrected chi connectivity index (χ0v) is 12.9. The number of aliphatic hydroxyl groups excluding tert-OH is 1. The van der Waals surface area contributed by atoms with Crippen LogP contribution in [0.1, 0.15) is 5.56 Å². The maximum absolute atomic E-state index is 12.1. The Morgan fingerprint density at radius 3 is 2.40 bits per heavy atom. The highest BCUT2D eigenvalue weighted by molar-refractivity contribution is 9.10. The summed E-state index contributed by atoms with van der Waals surface area (Å²) < 4.78 is 27.5. The molecule has 5 nitrogen and oxygen atoms in total. The van der Waals surface area contributed by atoms with Gasteiger partial charge in [0, 0.05) is 17.3 Å². The van der Waals surface area contributed by atoms with E-state index in [1.165, 1.54) is 18.3 Å². The molecule has 0 aliphatic rings. The Bertz CT molecular complexity index is 670. The number of rotatable bonds is 5. The van der Waals surface area contributed by atoms with Gasteiger partial charge in [0.2, 0.25) is 0 Å². The van der Waals surface area contributed by atoms with Crippen LogP contribution in [0, 0.1) is 0 Å². The second kappa shape index (κ2) is 6.34. The predicted molar refractivity (Wildman–Crippen MR) is 80.0 cm³/mol. The molecular weight excluding hydrogens is 344 g/mol. The van der Waals surface area contributed by atoms with E-state index in [2.05, 4.69) is 25.6 Å². The lowest BCUT2D eigenvalue weighted by molar-refractivity contribution is 0.299. The molecule has 0 bridgehead atoms. The van der Waals surface area contributed by atoms with Gasteiger partial charge in [-0.1, -0.05) is 12.1 Å². The number of nitrogens with zero attached hydrogens (tertiary/aromatic N) is 1. The molecule has 1 aromatic carbocycles. The summed E-state index contributed by atoms with van der Waals surface area (Å²) in [4.78, 5) is 4.12. The summed E-state index contributed by atoms with van der Waals surface area (Å²) in [6, 6.07) is 9.65. The highest BCUT2D eigenvalue weighted by Gasteiger charge is 2.14. The van der Waals surface area contributed by atoms with Crippen molar-refractivity contribution >= 4 is 31.8 Å². The number of halogens is 1. The van der Waals surface area contributed by atoms with Gasteiger partial charge in [-0.25, -0.2) is 13.4 Å². The molecule has 0 radical (unpaired) electrons. The molecule has 0 saturated carbocycles. The molecule has 1 aromatic heterocycles. The molecule has 2 N–H and O–H groups in total. The van der Waals surface area contributed by atoms with Crippen molar-refractivity contribution in [3.8, 4) is 0 Å². The first-order valence-corrected chi connectivity index (χ1v) is 8.13. The van der Waals surface area contributed by atoms with Crippen LogP contribution in [0.25, 0.3) is 0 Å². The van der Waals surface area contributed by atoms with Crippen LogP contribution in [0.5, 0.6) is 0 Å². The van der Waals surface area contributed by atoms with E-state index in [0.717, 1.165) is 10.0 Å². The average molecular weight is 357 g/mol. The summed E-state index contributed by atoms with van der Waals surface area (Å²) in [7, 11) is -3.65. The molecule has 0 fully saturated rings. The number of hydrogen-bond acceptors (Lipinski definition) is 4. The summed E-state index contributed by atoms with van der Waals surface area (Å²) in [5.41, 5.74) is 0.883. The van der Waals surface area contributed by atoms with Crippen LogP contribution in [-0.4, -0.2) is 25.1 Å². The van der Waals surface area contributed by atoms with Gasteiger partial charge in [-0.15, -0.1) is 0 Å². The lowest BCUT2D eigenvalue weighted by Crippen LogP contribution is -2.13. The van der Waals surface area contributed by atoms with Crippen LogP contribution in [0.4, 0.5) is 5.82 Å². The second-order valence-corrected chi connectivity index (χ2v) is 6.68. The minimum absolute atomic E-state index is 0.0349. The molecule has 7 heteroatoms. The normalized spacial score (nSPS) is 11.3. The highest BCUT2D eigenvalue weighted by Crippen LogP contribution is 2.16. The van der Waals surface area contributed by atoms with Gasteiger partial charge >= 0.3 is 0 Å². The summed E-state index contributed by atoms with van der Waals surface area (Å²) in [5.74, 6) is 0.257. The lowest BCUT2D eigenvalue weighted by Gasteiger charge is -2.08. The third-order valence-electron chi connectivity index (χ3n) is 2.60. The zero-order valence-electron chi connectivity index (χ0n) is 10.5. The summed E-state index contributed by atoms with van der Waals surface area (Å²) in [6.07, 6.45) is 2.02. The number of nitrogens with one attached hydrogen (secondary N) is 1. The van der Waals surface area contributed by atoms with Crippen molar-refractivity contribution < 1.29 is 13.5 Å². The van der Waals surface area contributed by atoms with Gasteiger partial charge in [0.1, 0.15) is 5.82 Å². The Labute approximate surface area is 125 Å². The fourth-order valence-electron chi connectivity index (χ4n) is 1.60. The van der Waals surface area contributed by atoms with E-state index in [9.17, 15) is 8.42 Å². The van der Waals surface area contributed by atoms with Crippen LogP contribution in [0.2, 0.25) is 0 Å². The smallest absolute Gasteiger partial charge is 0.263 e. The lowest BCUT2D eigenvalue weighted by atomic mass is 10.2. The van der Waals surface area contributed by atoms with Gasteiger partial charge in [-0.2, -0.15) is 0 Å². The van der Waals surface area contributed by atoms with Crippen molar-refractivity contribution in [2.45, 2.75) is 11.3 Å². The third kappa shape index (κ3) is 3.78. The molecule has 0 unspecified atom stereocenters. The molecule has 0 aliphatic carbocycles. The van der Waals surface area contributed by atoms with Crippen LogP contribution in [0.15, 0.2) is 52.0 Å². The standard InChI is InChI=1S/C13H13BrN2O3S/c14-11-3-6-13(15-9-11)16-20(18,19)12-4-1-10(2-5-12)7-8-17/h1-6,9,17H,7-8H2,(H,15,16). The van der Waals surface area contributed by atoms with Crippen LogP contribution < -0.4 is 4.72 Å². The number of sulfonamides is 1. The van der Waals surface area contributed by atoms with Crippen LogP contribution in [0.3, 0.4) is 0 Å². The molecule has 106 valence electrons. The Hall–Kier alpha value is -1.44. The minimum atomic E-state index is -3.65. The van der Waals surface area contributed by atoms with E-state index in [-0.39, 0.29) is 17.3 Å². The number of benzene rings is 1. The van der Waals surface area contributed by atoms with Crippen molar-refractivity contribution in [2.24, 2.45) is 0 Å². The molecule has 2 aromatic rings. The number of anilines is 1. The first-order valence-electron chi connectivity index (χ1n) is 5.85. The molecule has 20 heavy (non-hydrogen) atoms. The monoisotopic (exact) mass is 356 g/mol. The topological polar surface area (TPSA) is 79.3 Å². The maximum Gasteiger partial charge on any atom is 0.263 e. The molecule has 0 atom stereocenters. The Morgan fingerprint density at radius 1 is 1.15 bits per heavy atom. The second-order valence-electron chi connectivity index (χ2n) is 4.08. The highest BCUT2D eigenvalue weighted by atomic mass is 79.9. The summed E-state index contributed by atoms with van der Waals surface area (Å²) >= 11 is 3.23. The van der Waals surface area contributed by atoms with Gasteiger partial charge in [-0.3, -0.25) is 4.72 Å². The van der Waals surface area contributed by atoms with Gasteiger partial charge in [-0.05, 0) is 52.2 Å². The Balaban J connectivity index is 2.19. The van der Waals surface area contributed by atoms with Gasteiger partial charge in [0.05, 0.1) is 4.90 Å². The van der Waals surface area contributed by atoms with E-state index in [1.807, 2.05) is 0 Å². The number of pyridine rings is 1. The van der Waals surface area contributed by atoms with Crippen molar-refractivity contribution in [2.75, 3.05) is 11.3 Å². The van der Waals surface area contributed by atoms with Gasteiger partial charge in [0.15, 0.2) is 0 Å². The van der Waals surface area contributed by atoms with E-state index < -0.39 is 10.0 Å². The van der Waals surface area contributed by atoms with Crippen molar-refractivity contribution in [3.63, 3.8) is 0 Å². The van der Waals surface area contributed by atoms with Crippen molar-refractivity contribution in [1.82, 2.24) is 4.98 Å². The van der Waals surface area contributed by atoms with E-state index in [0.29, 0.717) is 6.42 Å². The van der Waals surface area contributed by atoms with E-state index in [4.69, 9.17) is 5.11 Å². The van der Waals surface area contributed by atoms with Gasteiger partial charge in [0.25, 0.3) is 10.0 Å². The quantitative estimate of drug-likeness (QED) is 0.860. The number of hydrogen-bond donors (Lipinski definition) is 2. The predicted octanol–water partition coefficient (Wildman–Crippen LogP) is 2.18. The SMILES string of the molecule is O=S(=O)(Nc1ccc(Br)cn1)c1ccc(CCO)cc1. The maximum atomic E-state index is 12.1. The minimum Gasteiger partial charge on any atom is -0.396 e. The molecule has 0 saturated heterocycles. The molecule has 1 heterocycles. The first kappa shape index (κ1) is 15.0. The van der Waals surface area contributed by atoms with Crippen LogP contribution in [-0.2, 0) is 16.4 Å². The Kier molecular flexibility index (Phi) is 4.74. The van der Waals surface area contributed by atoms with Gasteiger partial charge < -0.3 is 5.11 Å². The summed E-state index contributed by atoms with van der Waals surface area (Å²) in [5, 5.41) is 8.82. The number of aliphatic hydroxyl groups is 1. The van der Waals surface area contributed by atoms with E-state index >= 15 is 0 Å². The molecular formula is C13H13BrN2O3S. The fourth-order valence-corrected chi connectivity index (χ4v) is 2.84. The largest absolute Gasteiger partial charge is 0.396 e. The fraction of sp³-hybridized carbons (Fsp3) is 0.154. The van der Waals surface area contributed by atoms with Crippen LogP contribution >= 0.6 is 15.9 Å². The van der Waals surface area contributed by atoms with Crippen molar-refractivity contribution in [3.05, 3.63) is 52.6 Å². The van der Waals surface area contributed by atoms with E-state index in [1.54, 1.807) is 24.3 Å². The zero-order chi connectivity index (χ0) is 14.6. The molecule has 2 rings (SSSR count). The molecule has 0 aliphatic heterocycles. The Morgan fingerprint density at radius 2 is 1.85 bits per heavy atom.